The van der Waals surface area contributed by atoms with Crippen molar-refractivity contribution in [3.05, 3.63) is 62.4 Å². The first-order valence-electron chi connectivity index (χ1n) is 8.44. The topological polar surface area (TPSA) is 100 Å². The Morgan fingerprint density at radius 1 is 1.24 bits per heavy atom. The number of nitrogens with one attached hydrogen (secondary N) is 2. The van der Waals surface area contributed by atoms with E-state index >= 15 is 0 Å². The van der Waals surface area contributed by atoms with Crippen LogP contribution in [0.15, 0.2) is 34.2 Å². The van der Waals surface area contributed by atoms with Crippen LogP contribution in [0.5, 0.6) is 0 Å². The predicted molar refractivity (Wildman–Crippen MR) is 111 cm³/mol. The van der Waals surface area contributed by atoms with Crippen LogP contribution >= 0.6 is 34.5 Å². The number of hydrogen-bond acceptors (Lipinski definition) is 6. The molecule has 2 heterocycles. The molecule has 2 N–H and O–H groups in total. The highest BCUT2D eigenvalue weighted by Crippen LogP contribution is 2.22. The van der Waals surface area contributed by atoms with Crippen molar-refractivity contribution in [2.45, 2.75) is 20.0 Å². The van der Waals surface area contributed by atoms with Crippen LogP contribution in [0, 0.1) is 6.92 Å². The summed E-state index contributed by atoms with van der Waals surface area (Å²) >= 11 is 13.1. The van der Waals surface area contributed by atoms with E-state index in [4.69, 9.17) is 27.7 Å². The van der Waals surface area contributed by atoms with Crippen molar-refractivity contribution in [3.8, 4) is 0 Å². The van der Waals surface area contributed by atoms with Gasteiger partial charge in [0.25, 0.3) is 5.91 Å². The lowest BCUT2D eigenvalue weighted by Gasteiger charge is -2.13. The third kappa shape index (κ3) is 5.69. The molecule has 0 bridgehead atoms. The summed E-state index contributed by atoms with van der Waals surface area (Å²) in [7, 11) is 1.64. The van der Waals surface area contributed by atoms with Gasteiger partial charge in [-0.1, -0.05) is 34.4 Å². The molecule has 3 rings (SSSR count). The summed E-state index contributed by atoms with van der Waals surface area (Å²) in [4.78, 5) is 30.2. The molecule has 11 heteroatoms. The number of aromatic nitrogens is 2. The molecule has 0 atom stereocenters. The van der Waals surface area contributed by atoms with Crippen LogP contribution in [0.4, 0.5) is 9.93 Å². The van der Waals surface area contributed by atoms with Gasteiger partial charge in [0.1, 0.15) is 5.76 Å². The monoisotopic (exact) mass is 453 g/mol. The summed E-state index contributed by atoms with van der Waals surface area (Å²) in [5.74, 6) is 0.289. The molecule has 152 valence electrons. The van der Waals surface area contributed by atoms with E-state index in [1.54, 1.807) is 43.6 Å². The molecule has 29 heavy (non-hydrogen) atoms. The van der Waals surface area contributed by atoms with Crippen LogP contribution in [-0.4, -0.2) is 34.0 Å². The molecule has 0 fully saturated rings. The lowest BCUT2D eigenvalue weighted by atomic mass is 10.2. The van der Waals surface area contributed by atoms with Crippen LogP contribution in [0.2, 0.25) is 10.0 Å². The summed E-state index contributed by atoms with van der Waals surface area (Å²) in [5, 5.41) is 12.2. The number of halogens is 2. The van der Waals surface area contributed by atoms with Crippen molar-refractivity contribution in [1.29, 1.82) is 0 Å². The molecular formula is C18H17Cl2N5O3S. The molecule has 0 radical (unpaired) electrons. The molecule has 8 nitrogen and oxygen atoms in total. The maximum Gasteiger partial charge on any atom is 0.321 e. The van der Waals surface area contributed by atoms with Gasteiger partial charge in [-0.25, -0.2) is 9.78 Å². The Morgan fingerprint density at radius 2 is 2.03 bits per heavy atom. The number of rotatable bonds is 6. The lowest BCUT2D eigenvalue weighted by molar-refractivity contribution is 0.0773. The van der Waals surface area contributed by atoms with E-state index in [1.807, 2.05) is 0 Å². The maximum absolute atomic E-state index is 12.3. The smallest absolute Gasteiger partial charge is 0.321 e. The molecule has 0 aliphatic rings. The van der Waals surface area contributed by atoms with Crippen molar-refractivity contribution >= 4 is 51.6 Å². The molecule has 0 spiro atoms. The Bertz CT molecular complexity index is 1040. The summed E-state index contributed by atoms with van der Waals surface area (Å²) in [5.41, 5.74) is 1.70. The largest absolute Gasteiger partial charge is 0.361 e. The number of nitrogens with zero attached hydrogens (tertiary/aromatic N) is 3. The minimum atomic E-state index is -0.403. The molecule has 0 unspecified atom stereocenters. The van der Waals surface area contributed by atoms with Crippen LogP contribution in [0.1, 0.15) is 27.5 Å². The van der Waals surface area contributed by atoms with Crippen LogP contribution in [0.25, 0.3) is 0 Å². The number of amides is 3. The van der Waals surface area contributed by atoms with Gasteiger partial charge < -0.3 is 14.7 Å². The molecule has 0 saturated carbocycles. The highest BCUT2D eigenvalue weighted by Gasteiger charge is 2.17. The molecular weight excluding hydrogens is 437 g/mol. The Hall–Kier alpha value is -2.62. The second kappa shape index (κ2) is 9.25. The number of hydrogen-bond donors (Lipinski definition) is 2. The van der Waals surface area contributed by atoms with Gasteiger partial charge >= 0.3 is 6.03 Å². The summed E-state index contributed by atoms with van der Waals surface area (Å²) < 4.78 is 4.92. The maximum atomic E-state index is 12.3. The summed E-state index contributed by atoms with van der Waals surface area (Å²) in [6, 6.07) is 6.31. The van der Waals surface area contributed by atoms with Crippen molar-refractivity contribution < 1.29 is 14.1 Å². The third-order valence-corrected chi connectivity index (χ3v) is 5.35. The van der Waals surface area contributed by atoms with E-state index in [1.165, 1.54) is 16.2 Å². The summed E-state index contributed by atoms with van der Waals surface area (Å²) in [6.07, 6.45) is 0. The Balaban J connectivity index is 1.50. The number of benzene rings is 1. The van der Waals surface area contributed by atoms with E-state index < -0.39 is 6.03 Å². The van der Waals surface area contributed by atoms with Gasteiger partial charge in [0.15, 0.2) is 10.8 Å². The van der Waals surface area contributed by atoms with Gasteiger partial charge in [-0.3, -0.25) is 10.1 Å². The second-order valence-electron chi connectivity index (χ2n) is 6.18. The third-order valence-electron chi connectivity index (χ3n) is 3.80. The second-order valence-corrected chi connectivity index (χ2v) is 7.86. The van der Waals surface area contributed by atoms with E-state index in [0.717, 1.165) is 5.56 Å². The van der Waals surface area contributed by atoms with Crippen LogP contribution in [0.3, 0.4) is 0 Å². The van der Waals surface area contributed by atoms with Crippen molar-refractivity contribution in [3.63, 3.8) is 0 Å². The van der Waals surface area contributed by atoms with E-state index in [-0.39, 0.29) is 24.7 Å². The zero-order valence-corrected chi connectivity index (χ0v) is 17.9. The average molecular weight is 454 g/mol. The fourth-order valence-electron chi connectivity index (χ4n) is 2.39. The number of carbonyl (C=O) groups excluding carboxylic acids is 2. The van der Waals surface area contributed by atoms with E-state index in [2.05, 4.69) is 20.8 Å². The van der Waals surface area contributed by atoms with Gasteiger partial charge in [-0.05, 0) is 24.6 Å². The van der Waals surface area contributed by atoms with Crippen LogP contribution in [-0.2, 0) is 13.1 Å². The quantitative estimate of drug-likeness (QED) is 0.577. The minimum Gasteiger partial charge on any atom is -0.361 e. The molecule has 2 aromatic heterocycles. The molecule has 0 aliphatic carbocycles. The minimum absolute atomic E-state index is 0.236. The van der Waals surface area contributed by atoms with Crippen molar-refractivity contribution in [1.82, 2.24) is 20.4 Å². The average Bonchev–Trinajstić information content (AvgIpc) is 3.31. The first-order valence-corrected chi connectivity index (χ1v) is 10.1. The first kappa shape index (κ1) is 21.1. The first-order chi connectivity index (χ1) is 13.8. The number of aryl methyl sites for hydroxylation is 1. The highest BCUT2D eigenvalue weighted by molar-refractivity contribution is 7.13. The van der Waals surface area contributed by atoms with Gasteiger partial charge in [0, 0.05) is 25.0 Å². The fraction of sp³-hybridized carbons (Fsp3) is 0.222. The zero-order chi connectivity index (χ0) is 21.0. The van der Waals surface area contributed by atoms with Gasteiger partial charge in [0.2, 0.25) is 0 Å². The molecule has 1 aromatic carbocycles. The molecule has 3 aromatic rings. The Kier molecular flexibility index (Phi) is 6.73. The fourth-order valence-corrected chi connectivity index (χ4v) is 3.40. The summed E-state index contributed by atoms with van der Waals surface area (Å²) in [6.45, 7) is 2.28. The standard InChI is InChI=1S/C18H17Cl2N5O3S/c1-10-5-15(24-28-10)16(26)25(2)8-12-9-29-18(22-12)23-17(27)21-7-11-3-4-13(19)14(20)6-11/h3-6,9H,7-8H2,1-2H3,(H2,21,22,23,27). The lowest BCUT2D eigenvalue weighted by Crippen LogP contribution is -2.28. The predicted octanol–water partition coefficient (Wildman–Crippen LogP) is 4.34. The molecule has 3 amide bonds. The normalized spacial score (nSPS) is 10.6. The van der Waals surface area contributed by atoms with Crippen LogP contribution < -0.4 is 10.6 Å². The zero-order valence-electron chi connectivity index (χ0n) is 15.5. The van der Waals surface area contributed by atoms with Crippen molar-refractivity contribution in [2.75, 3.05) is 12.4 Å². The SMILES string of the molecule is Cc1cc(C(=O)N(C)Cc2csc(NC(=O)NCc3ccc(Cl)c(Cl)c3)n2)no1. The Morgan fingerprint density at radius 3 is 2.72 bits per heavy atom. The molecule has 0 aliphatic heterocycles. The van der Waals surface area contributed by atoms with Gasteiger partial charge in [-0.2, -0.15) is 0 Å². The Labute approximate surface area is 180 Å². The number of thiazole rings is 1. The number of anilines is 1. The van der Waals surface area contributed by atoms with Crippen molar-refractivity contribution in [2.24, 2.45) is 0 Å². The highest BCUT2D eigenvalue weighted by atomic mass is 35.5. The number of carbonyl (C=O) groups is 2. The molecule has 0 saturated heterocycles. The van der Waals surface area contributed by atoms with E-state index in [0.29, 0.717) is 26.6 Å². The van der Waals surface area contributed by atoms with Gasteiger partial charge in [-0.15, -0.1) is 11.3 Å². The van der Waals surface area contributed by atoms with Gasteiger partial charge in [0.05, 0.1) is 22.3 Å². The van der Waals surface area contributed by atoms with E-state index in [9.17, 15) is 9.59 Å². The number of urea groups is 1.